The second-order valence-corrected chi connectivity index (χ2v) is 4.84. The average molecular weight is 235 g/mol. The van der Waals surface area contributed by atoms with Crippen LogP contribution in [0.5, 0.6) is 0 Å². The van der Waals surface area contributed by atoms with E-state index >= 15 is 0 Å². The van der Waals surface area contributed by atoms with Gasteiger partial charge in [-0.05, 0) is 49.6 Å². The van der Waals surface area contributed by atoms with Crippen LogP contribution in [0.2, 0.25) is 0 Å². The molecule has 1 aromatic carbocycles. The molecule has 1 saturated heterocycles. The molecule has 0 spiro atoms. The van der Waals surface area contributed by atoms with Crippen molar-refractivity contribution in [2.24, 2.45) is 5.92 Å². The molecule has 0 radical (unpaired) electrons. The first-order valence-corrected chi connectivity index (χ1v) is 6.11. The van der Waals surface area contributed by atoms with Gasteiger partial charge < -0.3 is 4.79 Å². The van der Waals surface area contributed by atoms with Gasteiger partial charge in [0.25, 0.3) is 0 Å². The van der Waals surface area contributed by atoms with Crippen molar-refractivity contribution in [3.63, 3.8) is 0 Å². The van der Waals surface area contributed by atoms with Gasteiger partial charge in [-0.2, -0.15) is 0 Å². The Bertz CT molecular complexity index is 405. The Hall–Kier alpha value is -1.22. The molecule has 17 heavy (non-hydrogen) atoms. The molecule has 2 nitrogen and oxygen atoms in total. The maximum absolute atomic E-state index is 13.2. The van der Waals surface area contributed by atoms with Crippen molar-refractivity contribution in [2.75, 3.05) is 13.1 Å². The highest BCUT2D eigenvalue weighted by molar-refractivity contribution is 5.53. The van der Waals surface area contributed by atoms with E-state index in [0.29, 0.717) is 0 Å². The second-order valence-electron chi connectivity index (χ2n) is 4.84. The molecule has 0 aromatic heterocycles. The average Bonchev–Trinajstić information content (AvgIpc) is 2.34. The lowest BCUT2D eigenvalue weighted by molar-refractivity contribution is -0.112. The summed E-state index contributed by atoms with van der Waals surface area (Å²) in [6.07, 6.45) is 3.09. The fourth-order valence-corrected chi connectivity index (χ4v) is 2.40. The van der Waals surface area contributed by atoms with Gasteiger partial charge >= 0.3 is 0 Å². The fraction of sp³-hybridized carbons (Fsp3) is 0.500. The van der Waals surface area contributed by atoms with Crippen molar-refractivity contribution in [3.05, 3.63) is 35.1 Å². The minimum atomic E-state index is -0.186. The van der Waals surface area contributed by atoms with Crippen LogP contribution in [0.4, 0.5) is 4.39 Å². The van der Waals surface area contributed by atoms with E-state index in [1.165, 1.54) is 6.07 Å². The van der Waals surface area contributed by atoms with Crippen molar-refractivity contribution in [1.82, 2.24) is 4.90 Å². The molecule has 2 rings (SSSR count). The number of carbonyl (C=O) groups excluding carboxylic acids is 1. The van der Waals surface area contributed by atoms with Crippen molar-refractivity contribution in [2.45, 2.75) is 26.3 Å². The van der Waals surface area contributed by atoms with Crippen LogP contribution in [-0.2, 0) is 11.3 Å². The molecule has 0 aliphatic carbocycles. The highest BCUT2D eigenvalue weighted by atomic mass is 19.1. The van der Waals surface area contributed by atoms with Gasteiger partial charge in [-0.3, -0.25) is 4.90 Å². The summed E-state index contributed by atoms with van der Waals surface area (Å²) in [7, 11) is 0. The summed E-state index contributed by atoms with van der Waals surface area (Å²) in [6.45, 7) is 4.55. The summed E-state index contributed by atoms with van der Waals surface area (Å²) in [5, 5.41) is 0. The second kappa shape index (κ2) is 5.41. The number of likely N-dealkylation sites (tertiary alicyclic amines) is 1. The van der Waals surface area contributed by atoms with Gasteiger partial charge in [0.1, 0.15) is 12.1 Å². The number of benzene rings is 1. The highest BCUT2D eigenvalue weighted by Gasteiger charge is 2.19. The Morgan fingerprint density at radius 2 is 2.35 bits per heavy atom. The van der Waals surface area contributed by atoms with E-state index < -0.39 is 0 Å². The maximum atomic E-state index is 13.2. The molecule has 1 atom stereocenters. The fourth-order valence-electron chi connectivity index (χ4n) is 2.40. The molecule has 1 aliphatic heterocycles. The van der Waals surface area contributed by atoms with Gasteiger partial charge in [0, 0.05) is 19.0 Å². The zero-order valence-corrected chi connectivity index (χ0v) is 10.2. The van der Waals surface area contributed by atoms with Crippen LogP contribution >= 0.6 is 0 Å². The Morgan fingerprint density at radius 3 is 3.12 bits per heavy atom. The predicted molar refractivity (Wildman–Crippen MR) is 65.2 cm³/mol. The van der Waals surface area contributed by atoms with Gasteiger partial charge in [-0.15, -0.1) is 0 Å². The van der Waals surface area contributed by atoms with Crippen LogP contribution in [0.25, 0.3) is 0 Å². The number of hydrogen-bond acceptors (Lipinski definition) is 2. The third-order valence-electron chi connectivity index (χ3n) is 3.44. The summed E-state index contributed by atoms with van der Waals surface area (Å²) < 4.78 is 13.2. The van der Waals surface area contributed by atoms with E-state index in [2.05, 4.69) is 4.90 Å². The Balaban J connectivity index is 2.04. The van der Waals surface area contributed by atoms with Crippen LogP contribution in [0.15, 0.2) is 18.2 Å². The van der Waals surface area contributed by atoms with Crippen LogP contribution in [0.1, 0.15) is 24.0 Å². The molecule has 1 fully saturated rings. The molecule has 1 aliphatic rings. The van der Waals surface area contributed by atoms with Crippen LogP contribution in [-0.4, -0.2) is 24.3 Å². The number of rotatable bonds is 3. The van der Waals surface area contributed by atoms with Crippen molar-refractivity contribution < 1.29 is 9.18 Å². The molecular formula is C14H18FNO. The normalized spacial score (nSPS) is 21.4. The van der Waals surface area contributed by atoms with Gasteiger partial charge in [0.2, 0.25) is 0 Å². The summed E-state index contributed by atoms with van der Waals surface area (Å²) in [5.41, 5.74) is 2.14. The SMILES string of the molecule is Cc1ccc(F)cc1CN1CCCC(C=O)C1. The van der Waals surface area contributed by atoms with Crippen molar-refractivity contribution >= 4 is 6.29 Å². The standard InChI is InChI=1S/C14H18FNO/c1-11-4-5-14(15)7-13(11)9-16-6-2-3-12(8-16)10-17/h4-5,7,10,12H,2-3,6,8-9H2,1H3. The van der Waals surface area contributed by atoms with Crippen molar-refractivity contribution in [1.29, 1.82) is 0 Å². The van der Waals surface area contributed by atoms with Gasteiger partial charge in [0.15, 0.2) is 0 Å². The molecule has 0 bridgehead atoms. The van der Waals surface area contributed by atoms with E-state index in [-0.39, 0.29) is 11.7 Å². The molecule has 0 N–H and O–H groups in total. The third kappa shape index (κ3) is 3.13. The first kappa shape index (κ1) is 12.2. The summed E-state index contributed by atoms with van der Waals surface area (Å²) in [4.78, 5) is 13.0. The van der Waals surface area contributed by atoms with Crippen LogP contribution in [0.3, 0.4) is 0 Å². The number of piperidine rings is 1. The maximum Gasteiger partial charge on any atom is 0.124 e. The molecule has 92 valence electrons. The predicted octanol–water partition coefficient (Wildman–Crippen LogP) is 2.55. The molecular weight excluding hydrogens is 217 g/mol. The first-order chi connectivity index (χ1) is 8.19. The summed E-state index contributed by atoms with van der Waals surface area (Å²) in [6, 6.07) is 4.90. The monoisotopic (exact) mass is 235 g/mol. The Labute approximate surface area is 101 Å². The zero-order chi connectivity index (χ0) is 12.3. The molecule has 0 saturated carbocycles. The van der Waals surface area contributed by atoms with Gasteiger partial charge in [-0.1, -0.05) is 6.07 Å². The Morgan fingerprint density at radius 1 is 1.53 bits per heavy atom. The lowest BCUT2D eigenvalue weighted by Gasteiger charge is -2.30. The molecule has 3 heteroatoms. The lowest BCUT2D eigenvalue weighted by atomic mass is 9.98. The Kier molecular flexibility index (Phi) is 3.89. The number of hydrogen-bond donors (Lipinski definition) is 0. The van der Waals surface area contributed by atoms with Crippen LogP contribution < -0.4 is 0 Å². The topological polar surface area (TPSA) is 20.3 Å². The minimum Gasteiger partial charge on any atom is -0.303 e. The molecule has 1 aromatic rings. The van der Waals surface area contributed by atoms with Gasteiger partial charge in [-0.25, -0.2) is 4.39 Å². The number of aldehydes is 1. The quantitative estimate of drug-likeness (QED) is 0.750. The summed E-state index contributed by atoms with van der Waals surface area (Å²) >= 11 is 0. The largest absolute Gasteiger partial charge is 0.303 e. The number of carbonyl (C=O) groups is 1. The van der Waals surface area contributed by atoms with Crippen LogP contribution in [0, 0.1) is 18.7 Å². The lowest BCUT2D eigenvalue weighted by Crippen LogP contribution is -2.35. The highest BCUT2D eigenvalue weighted by Crippen LogP contribution is 2.19. The van der Waals surface area contributed by atoms with Crippen molar-refractivity contribution in [3.8, 4) is 0 Å². The number of aryl methyl sites for hydroxylation is 1. The minimum absolute atomic E-state index is 0.151. The third-order valence-corrected chi connectivity index (χ3v) is 3.44. The molecule has 0 amide bonds. The smallest absolute Gasteiger partial charge is 0.124 e. The summed E-state index contributed by atoms with van der Waals surface area (Å²) in [5.74, 6) is -0.0350. The molecule has 1 unspecified atom stereocenters. The van der Waals surface area contributed by atoms with E-state index in [4.69, 9.17) is 0 Å². The number of halogens is 1. The first-order valence-electron chi connectivity index (χ1n) is 6.11. The van der Waals surface area contributed by atoms with E-state index in [9.17, 15) is 9.18 Å². The van der Waals surface area contributed by atoms with E-state index in [1.807, 2.05) is 13.0 Å². The molecule has 1 heterocycles. The zero-order valence-electron chi connectivity index (χ0n) is 10.2. The van der Waals surface area contributed by atoms with E-state index in [1.54, 1.807) is 6.07 Å². The van der Waals surface area contributed by atoms with Gasteiger partial charge in [0.05, 0.1) is 0 Å². The van der Waals surface area contributed by atoms with E-state index in [0.717, 1.165) is 49.9 Å². The number of nitrogens with zero attached hydrogens (tertiary/aromatic N) is 1.